The quantitative estimate of drug-likeness (QED) is 0.705. The molecule has 2 atom stereocenters. The molecule has 0 aromatic heterocycles. The Hall–Kier alpha value is -3.06. The van der Waals surface area contributed by atoms with E-state index in [1.807, 2.05) is 0 Å². The molecule has 0 fully saturated rings. The summed E-state index contributed by atoms with van der Waals surface area (Å²) in [7, 11) is 1.56. The third-order valence-corrected chi connectivity index (χ3v) is 4.83. The number of rotatable bonds is 7. The zero-order valence-corrected chi connectivity index (χ0v) is 16.0. The minimum atomic E-state index is -0.913. The van der Waals surface area contributed by atoms with Gasteiger partial charge in [0.1, 0.15) is 17.4 Å². The van der Waals surface area contributed by atoms with Gasteiger partial charge in [-0.1, -0.05) is 18.7 Å². The van der Waals surface area contributed by atoms with Crippen molar-refractivity contribution in [3.63, 3.8) is 0 Å². The highest BCUT2D eigenvalue weighted by molar-refractivity contribution is 5.80. The lowest BCUT2D eigenvalue weighted by atomic mass is 9.98. The maximum atomic E-state index is 13.5. The van der Waals surface area contributed by atoms with Crippen molar-refractivity contribution in [2.75, 3.05) is 7.11 Å². The van der Waals surface area contributed by atoms with Crippen molar-refractivity contribution >= 4 is 12.1 Å². The number of hydrazone groups is 1. The van der Waals surface area contributed by atoms with Gasteiger partial charge in [-0.25, -0.2) is 13.8 Å². The second-order valence-corrected chi connectivity index (χ2v) is 6.82. The van der Waals surface area contributed by atoms with Crippen LogP contribution >= 0.6 is 0 Å². The van der Waals surface area contributed by atoms with Crippen LogP contribution < -0.4 is 4.74 Å². The molecule has 0 bridgehead atoms. The van der Waals surface area contributed by atoms with E-state index in [1.165, 1.54) is 17.1 Å². The van der Waals surface area contributed by atoms with E-state index in [-0.39, 0.29) is 18.7 Å². The van der Waals surface area contributed by atoms with Crippen molar-refractivity contribution in [2.24, 2.45) is 5.10 Å². The summed E-state index contributed by atoms with van der Waals surface area (Å²) < 4.78 is 32.2. The zero-order chi connectivity index (χ0) is 21.0. The Labute approximate surface area is 167 Å². The van der Waals surface area contributed by atoms with Gasteiger partial charge in [-0.05, 0) is 47.4 Å². The number of amides is 1. The normalized spacial score (nSPS) is 16.7. The SMILES string of the molecule is C=C(CCC(=O)N1N=CCC1c1cc(F)cc(F)c1)C(O)c1ccc(OC)cc1. The topological polar surface area (TPSA) is 62.1 Å². The first-order valence-electron chi connectivity index (χ1n) is 9.19. The molecule has 0 aliphatic carbocycles. The van der Waals surface area contributed by atoms with Crippen LogP contribution in [0, 0.1) is 11.6 Å². The lowest BCUT2D eigenvalue weighted by molar-refractivity contribution is -0.133. The number of aliphatic hydroxyl groups is 1. The van der Waals surface area contributed by atoms with E-state index in [1.54, 1.807) is 37.6 Å². The number of nitrogens with zero attached hydrogens (tertiary/aromatic N) is 2. The summed E-state index contributed by atoms with van der Waals surface area (Å²) in [5.74, 6) is -1.03. The predicted molar refractivity (Wildman–Crippen MR) is 105 cm³/mol. The van der Waals surface area contributed by atoms with Gasteiger partial charge in [0.05, 0.1) is 19.3 Å². The molecule has 152 valence electrons. The van der Waals surface area contributed by atoms with Crippen LogP contribution in [0.15, 0.2) is 59.7 Å². The van der Waals surface area contributed by atoms with Crippen LogP contribution in [-0.4, -0.2) is 29.3 Å². The van der Waals surface area contributed by atoms with E-state index in [0.29, 0.717) is 28.9 Å². The number of hydrogen-bond donors (Lipinski definition) is 1. The van der Waals surface area contributed by atoms with E-state index in [2.05, 4.69) is 11.7 Å². The molecule has 7 heteroatoms. The summed E-state index contributed by atoms with van der Waals surface area (Å²) in [5.41, 5.74) is 1.49. The summed E-state index contributed by atoms with van der Waals surface area (Å²) in [4.78, 5) is 12.6. The molecule has 1 aliphatic heterocycles. The van der Waals surface area contributed by atoms with Crippen LogP contribution in [0.1, 0.15) is 42.5 Å². The zero-order valence-electron chi connectivity index (χ0n) is 16.0. The largest absolute Gasteiger partial charge is 0.497 e. The molecule has 2 aromatic rings. The van der Waals surface area contributed by atoms with Crippen LogP contribution in [0.5, 0.6) is 5.75 Å². The number of methoxy groups -OCH3 is 1. The average Bonchev–Trinajstić information content (AvgIpc) is 3.20. The number of carbonyl (C=O) groups is 1. The summed E-state index contributed by atoms with van der Waals surface area (Å²) in [6.45, 7) is 3.88. The first-order chi connectivity index (χ1) is 13.9. The maximum absolute atomic E-state index is 13.5. The molecule has 5 nitrogen and oxygen atoms in total. The maximum Gasteiger partial charge on any atom is 0.243 e. The lowest BCUT2D eigenvalue weighted by Crippen LogP contribution is -2.27. The van der Waals surface area contributed by atoms with Crippen LogP contribution in [0.25, 0.3) is 0 Å². The number of ether oxygens (including phenoxy) is 1. The van der Waals surface area contributed by atoms with E-state index >= 15 is 0 Å². The second kappa shape index (κ2) is 8.96. The highest BCUT2D eigenvalue weighted by Crippen LogP contribution is 2.31. The Balaban J connectivity index is 1.61. The number of benzene rings is 2. The minimum Gasteiger partial charge on any atom is -0.497 e. The van der Waals surface area contributed by atoms with Crippen molar-refractivity contribution in [3.8, 4) is 5.75 Å². The Bertz CT molecular complexity index is 908. The molecule has 2 aromatic carbocycles. The van der Waals surface area contributed by atoms with Crippen LogP contribution in [0.4, 0.5) is 8.78 Å². The smallest absolute Gasteiger partial charge is 0.243 e. The predicted octanol–water partition coefficient (Wildman–Crippen LogP) is 4.30. The molecule has 0 saturated carbocycles. The lowest BCUT2D eigenvalue weighted by Gasteiger charge is -2.23. The van der Waals surface area contributed by atoms with Crippen LogP contribution in [-0.2, 0) is 4.79 Å². The summed E-state index contributed by atoms with van der Waals surface area (Å²) >= 11 is 0. The van der Waals surface area contributed by atoms with Crippen molar-refractivity contribution < 1.29 is 23.4 Å². The molecule has 3 rings (SSSR count). The Morgan fingerprint density at radius 2 is 1.90 bits per heavy atom. The number of aliphatic hydroxyl groups excluding tert-OH is 1. The average molecular weight is 400 g/mol. The fourth-order valence-corrected chi connectivity index (χ4v) is 3.24. The molecule has 1 aliphatic rings. The van der Waals surface area contributed by atoms with Crippen LogP contribution in [0.2, 0.25) is 0 Å². The molecule has 0 saturated heterocycles. The highest BCUT2D eigenvalue weighted by Gasteiger charge is 2.29. The van der Waals surface area contributed by atoms with Gasteiger partial charge in [0, 0.05) is 25.1 Å². The fraction of sp³-hybridized carbons (Fsp3) is 0.273. The van der Waals surface area contributed by atoms with Crippen molar-refractivity contribution in [1.82, 2.24) is 5.01 Å². The summed E-state index contributed by atoms with van der Waals surface area (Å²) in [6.07, 6.45) is 1.33. The van der Waals surface area contributed by atoms with E-state index in [4.69, 9.17) is 4.74 Å². The molecule has 2 unspecified atom stereocenters. The Morgan fingerprint density at radius 1 is 1.24 bits per heavy atom. The fourth-order valence-electron chi connectivity index (χ4n) is 3.24. The summed E-state index contributed by atoms with van der Waals surface area (Å²) in [5, 5.41) is 15.7. The molecular formula is C22H22F2N2O3. The molecule has 1 amide bonds. The first-order valence-corrected chi connectivity index (χ1v) is 9.19. The third kappa shape index (κ3) is 4.86. The van der Waals surface area contributed by atoms with E-state index in [0.717, 1.165) is 6.07 Å². The molecule has 1 N–H and O–H groups in total. The standard InChI is InChI=1S/C22H22F2N2O3/c1-14(22(28)15-4-6-19(29-2)7-5-15)3-8-21(27)26-20(9-10-25-26)16-11-17(23)13-18(24)12-16/h4-7,10-13,20,22,28H,1,3,8-9H2,2H3. The van der Waals surface area contributed by atoms with Gasteiger partial charge in [-0.2, -0.15) is 5.10 Å². The van der Waals surface area contributed by atoms with Crippen molar-refractivity contribution in [3.05, 3.63) is 77.4 Å². The van der Waals surface area contributed by atoms with Gasteiger partial charge < -0.3 is 9.84 Å². The molecule has 29 heavy (non-hydrogen) atoms. The molecule has 0 spiro atoms. The van der Waals surface area contributed by atoms with Gasteiger partial charge in [-0.15, -0.1) is 0 Å². The number of halogens is 2. The van der Waals surface area contributed by atoms with Crippen molar-refractivity contribution in [1.29, 1.82) is 0 Å². The van der Waals surface area contributed by atoms with E-state index < -0.39 is 23.8 Å². The van der Waals surface area contributed by atoms with Gasteiger partial charge in [0.25, 0.3) is 0 Å². The van der Waals surface area contributed by atoms with Crippen LogP contribution in [0.3, 0.4) is 0 Å². The Kier molecular flexibility index (Phi) is 6.39. The highest BCUT2D eigenvalue weighted by atomic mass is 19.1. The number of hydrogen-bond acceptors (Lipinski definition) is 4. The van der Waals surface area contributed by atoms with E-state index in [9.17, 15) is 18.7 Å². The molecule has 0 radical (unpaired) electrons. The number of carbonyl (C=O) groups excluding carboxylic acids is 1. The van der Waals surface area contributed by atoms with Gasteiger partial charge in [-0.3, -0.25) is 4.79 Å². The monoisotopic (exact) mass is 400 g/mol. The molecule has 1 heterocycles. The van der Waals surface area contributed by atoms with Gasteiger partial charge in [0.15, 0.2) is 0 Å². The molecular weight excluding hydrogens is 378 g/mol. The second-order valence-electron chi connectivity index (χ2n) is 6.82. The minimum absolute atomic E-state index is 0.0671. The van der Waals surface area contributed by atoms with Gasteiger partial charge in [0.2, 0.25) is 5.91 Å². The Morgan fingerprint density at radius 3 is 2.52 bits per heavy atom. The van der Waals surface area contributed by atoms with Gasteiger partial charge >= 0.3 is 0 Å². The third-order valence-electron chi connectivity index (χ3n) is 4.83. The van der Waals surface area contributed by atoms with Crippen molar-refractivity contribution in [2.45, 2.75) is 31.4 Å². The summed E-state index contributed by atoms with van der Waals surface area (Å²) in [6, 6.07) is 9.58. The first kappa shape index (κ1) is 20.7.